The number of anilines is 2. The number of aromatic nitrogens is 4. The molecule has 6 heteroatoms. The van der Waals surface area contributed by atoms with Gasteiger partial charge in [-0.05, 0) is 6.07 Å². The van der Waals surface area contributed by atoms with Crippen LogP contribution in [0.1, 0.15) is 0 Å². The second-order valence-electron chi connectivity index (χ2n) is 3.73. The molecule has 0 amide bonds. The summed E-state index contributed by atoms with van der Waals surface area (Å²) in [5, 5.41) is 7.68. The minimum atomic E-state index is 0.637. The molecule has 0 saturated heterocycles. The highest BCUT2D eigenvalue weighted by Crippen LogP contribution is 2.29. The van der Waals surface area contributed by atoms with Gasteiger partial charge in [0.05, 0.1) is 17.6 Å². The minimum absolute atomic E-state index is 0.637. The van der Waals surface area contributed by atoms with Gasteiger partial charge in [0, 0.05) is 27.3 Å². The number of nitrogens with two attached hydrogens (primary N) is 1. The van der Waals surface area contributed by atoms with Crippen LogP contribution in [-0.2, 0) is 7.05 Å². The molecule has 0 aliphatic heterocycles. The topological polar surface area (TPSA) is 72.9 Å². The van der Waals surface area contributed by atoms with Gasteiger partial charge in [0.1, 0.15) is 11.4 Å². The summed E-state index contributed by atoms with van der Waals surface area (Å²) in [6.07, 6.45) is 3.38. The maximum atomic E-state index is 6.07. The SMILES string of the molecule is CN(C)c1ccnc(-c2cnnn2C)c1N. The summed E-state index contributed by atoms with van der Waals surface area (Å²) in [6, 6.07) is 1.88. The van der Waals surface area contributed by atoms with Crippen LogP contribution in [0, 0.1) is 0 Å². The van der Waals surface area contributed by atoms with E-state index in [4.69, 9.17) is 5.73 Å². The number of pyridine rings is 1. The highest BCUT2D eigenvalue weighted by Gasteiger charge is 2.12. The second kappa shape index (κ2) is 3.80. The molecule has 0 spiro atoms. The summed E-state index contributed by atoms with van der Waals surface area (Å²) in [5.74, 6) is 0. The summed E-state index contributed by atoms with van der Waals surface area (Å²) in [4.78, 5) is 6.22. The summed E-state index contributed by atoms with van der Waals surface area (Å²) in [5.41, 5.74) is 9.16. The van der Waals surface area contributed by atoms with Crippen molar-refractivity contribution in [1.29, 1.82) is 0 Å². The molecule has 2 heterocycles. The van der Waals surface area contributed by atoms with Crippen molar-refractivity contribution < 1.29 is 0 Å². The van der Waals surface area contributed by atoms with E-state index in [1.165, 1.54) is 0 Å². The molecular weight excluding hydrogens is 204 g/mol. The molecular formula is C10H14N6. The Bertz CT molecular complexity index is 502. The summed E-state index contributed by atoms with van der Waals surface area (Å²) < 4.78 is 1.65. The van der Waals surface area contributed by atoms with Crippen molar-refractivity contribution in [2.75, 3.05) is 24.7 Å². The van der Waals surface area contributed by atoms with E-state index in [1.807, 2.05) is 32.1 Å². The maximum Gasteiger partial charge on any atom is 0.115 e. The predicted molar refractivity (Wildman–Crippen MR) is 63.0 cm³/mol. The molecule has 16 heavy (non-hydrogen) atoms. The Morgan fingerprint density at radius 2 is 2.12 bits per heavy atom. The van der Waals surface area contributed by atoms with E-state index in [1.54, 1.807) is 17.1 Å². The lowest BCUT2D eigenvalue weighted by atomic mass is 10.2. The smallest absolute Gasteiger partial charge is 0.115 e. The van der Waals surface area contributed by atoms with Gasteiger partial charge in [-0.25, -0.2) is 4.68 Å². The minimum Gasteiger partial charge on any atom is -0.395 e. The number of hydrogen-bond donors (Lipinski definition) is 1. The molecule has 84 valence electrons. The van der Waals surface area contributed by atoms with E-state index in [0.717, 1.165) is 11.4 Å². The molecule has 0 radical (unpaired) electrons. The van der Waals surface area contributed by atoms with Crippen molar-refractivity contribution in [3.05, 3.63) is 18.5 Å². The zero-order valence-corrected chi connectivity index (χ0v) is 9.55. The Morgan fingerprint density at radius 1 is 1.38 bits per heavy atom. The van der Waals surface area contributed by atoms with E-state index in [2.05, 4.69) is 15.3 Å². The summed E-state index contributed by atoms with van der Waals surface area (Å²) >= 11 is 0. The number of nitrogens with zero attached hydrogens (tertiary/aromatic N) is 5. The van der Waals surface area contributed by atoms with Gasteiger partial charge >= 0.3 is 0 Å². The Kier molecular flexibility index (Phi) is 2.47. The van der Waals surface area contributed by atoms with Gasteiger partial charge in [-0.1, -0.05) is 5.21 Å². The molecule has 2 aromatic heterocycles. The van der Waals surface area contributed by atoms with Crippen LogP contribution in [-0.4, -0.2) is 34.1 Å². The fourth-order valence-corrected chi connectivity index (χ4v) is 1.56. The van der Waals surface area contributed by atoms with Gasteiger partial charge in [0.2, 0.25) is 0 Å². The first-order valence-corrected chi connectivity index (χ1v) is 4.88. The van der Waals surface area contributed by atoms with E-state index < -0.39 is 0 Å². The molecule has 0 atom stereocenters. The van der Waals surface area contributed by atoms with Crippen molar-refractivity contribution >= 4 is 11.4 Å². The largest absolute Gasteiger partial charge is 0.395 e. The Morgan fingerprint density at radius 3 is 2.69 bits per heavy atom. The monoisotopic (exact) mass is 218 g/mol. The third-order valence-corrected chi connectivity index (χ3v) is 2.41. The number of rotatable bonds is 2. The van der Waals surface area contributed by atoms with Gasteiger partial charge in [-0.3, -0.25) is 4.98 Å². The van der Waals surface area contributed by atoms with E-state index in [0.29, 0.717) is 11.4 Å². The molecule has 0 bridgehead atoms. The van der Waals surface area contributed by atoms with Crippen LogP contribution in [0.15, 0.2) is 18.5 Å². The third-order valence-electron chi connectivity index (χ3n) is 2.41. The third kappa shape index (κ3) is 1.58. The zero-order chi connectivity index (χ0) is 11.7. The highest BCUT2D eigenvalue weighted by molar-refractivity contribution is 5.81. The van der Waals surface area contributed by atoms with Crippen molar-refractivity contribution in [1.82, 2.24) is 20.0 Å². The maximum absolute atomic E-state index is 6.07. The van der Waals surface area contributed by atoms with Crippen LogP contribution in [0.3, 0.4) is 0 Å². The van der Waals surface area contributed by atoms with Crippen LogP contribution in [0.25, 0.3) is 11.4 Å². The average molecular weight is 218 g/mol. The Balaban J connectivity index is 2.59. The molecule has 0 fully saturated rings. The predicted octanol–water partition coefficient (Wildman–Crippen LogP) is 0.525. The van der Waals surface area contributed by atoms with Gasteiger partial charge in [0.15, 0.2) is 0 Å². The van der Waals surface area contributed by atoms with E-state index >= 15 is 0 Å². The Hall–Kier alpha value is -2.11. The molecule has 0 aliphatic rings. The first-order chi connectivity index (χ1) is 7.61. The molecule has 0 aliphatic carbocycles. The first-order valence-electron chi connectivity index (χ1n) is 4.88. The standard InChI is InChI=1S/C10H14N6/c1-15(2)7-4-5-12-10(9(7)11)8-6-13-14-16(8)3/h4-6H,11H2,1-3H3. The zero-order valence-electron chi connectivity index (χ0n) is 9.55. The summed E-state index contributed by atoms with van der Waals surface area (Å²) in [6.45, 7) is 0. The van der Waals surface area contributed by atoms with Crippen LogP contribution in [0.2, 0.25) is 0 Å². The van der Waals surface area contributed by atoms with E-state index in [-0.39, 0.29) is 0 Å². The van der Waals surface area contributed by atoms with Crippen molar-refractivity contribution in [2.24, 2.45) is 7.05 Å². The van der Waals surface area contributed by atoms with Crippen molar-refractivity contribution in [2.45, 2.75) is 0 Å². The molecule has 2 N–H and O–H groups in total. The van der Waals surface area contributed by atoms with Gasteiger partial charge < -0.3 is 10.6 Å². The van der Waals surface area contributed by atoms with Gasteiger partial charge in [-0.2, -0.15) is 0 Å². The lowest BCUT2D eigenvalue weighted by molar-refractivity contribution is 0.719. The second-order valence-corrected chi connectivity index (χ2v) is 3.73. The lowest BCUT2D eigenvalue weighted by Gasteiger charge is -2.16. The number of hydrogen-bond acceptors (Lipinski definition) is 5. The van der Waals surface area contributed by atoms with Crippen LogP contribution in [0.5, 0.6) is 0 Å². The van der Waals surface area contributed by atoms with E-state index in [9.17, 15) is 0 Å². The summed E-state index contributed by atoms with van der Waals surface area (Å²) in [7, 11) is 5.69. The normalized spacial score (nSPS) is 10.4. The van der Waals surface area contributed by atoms with Crippen molar-refractivity contribution in [3.63, 3.8) is 0 Å². The molecule has 0 aromatic carbocycles. The highest BCUT2D eigenvalue weighted by atomic mass is 15.4. The number of aryl methyl sites for hydroxylation is 1. The molecule has 6 nitrogen and oxygen atoms in total. The molecule has 2 rings (SSSR count). The quantitative estimate of drug-likeness (QED) is 0.795. The fraction of sp³-hybridized carbons (Fsp3) is 0.300. The lowest BCUT2D eigenvalue weighted by Crippen LogP contribution is -2.12. The molecule has 2 aromatic rings. The van der Waals surface area contributed by atoms with Gasteiger partial charge in [-0.15, -0.1) is 5.10 Å². The van der Waals surface area contributed by atoms with Crippen LogP contribution >= 0.6 is 0 Å². The molecule has 0 unspecified atom stereocenters. The average Bonchev–Trinajstić information content (AvgIpc) is 2.64. The molecule has 0 saturated carbocycles. The fourth-order valence-electron chi connectivity index (χ4n) is 1.56. The first kappa shape index (κ1) is 10.4. The Labute approximate surface area is 93.7 Å². The van der Waals surface area contributed by atoms with Crippen molar-refractivity contribution in [3.8, 4) is 11.4 Å². The van der Waals surface area contributed by atoms with Crippen LogP contribution < -0.4 is 10.6 Å². The van der Waals surface area contributed by atoms with Gasteiger partial charge in [0.25, 0.3) is 0 Å². The van der Waals surface area contributed by atoms with Crippen LogP contribution in [0.4, 0.5) is 11.4 Å². The number of nitrogen functional groups attached to an aromatic ring is 1.